The molecule has 1 amide bonds. The van der Waals surface area contributed by atoms with Crippen molar-refractivity contribution in [2.75, 3.05) is 6.54 Å². The molecule has 0 aliphatic carbocycles. The monoisotopic (exact) mass is 267 g/mol. The average Bonchev–Trinajstić information content (AvgIpc) is 2.47. The summed E-state index contributed by atoms with van der Waals surface area (Å²) in [5, 5.41) is 2.59. The van der Waals surface area contributed by atoms with Gasteiger partial charge in [0.25, 0.3) is 15.0 Å². The van der Waals surface area contributed by atoms with E-state index in [9.17, 15) is 13.2 Å². The number of rotatable bonds is 3. The van der Waals surface area contributed by atoms with Gasteiger partial charge in [0.1, 0.15) is 0 Å². The topological polar surface area (TPSA) is 63.2 Å². The van der Waals surface area contributed by atoms with Crippen molar-refractivity contribution in [3.63, 3.8) is 0 Å². The van der Waals surface area contributed by atoms with Crippen LogP contribution in [0.4, 0.5) is 0 Å². The second-order valence-electron chi connectivity index (χ2n) is 2.83. The van der Waals surface area contributed by atoms with Gasteiger partial charge in [-0.15, -0.1) is 11.3 Å². The van der Waals surface area contributed by atoms with Gasteiger partial charge in [0, 0.05) is 22.1 Å². The van der Waals surface area contributed by atoms with Crippen LogP contribution in [0.2, 0.25) is 0 Å². The molecule has 0 aliphatic rings. The highest BCUT2D eigenvalue weighted by molar-refractivity contribution is 8.13. The number of amides is 1. The molecule has 0 aliphatic heterocycles. The molecule has 1 aromatic rings. The number of aryl methyl sites for hydroxylation is 1. The van der Waals surface area contributed by atoms with Crippen molar-refractivity contribution in [2.24, 2.45) is 0 Å². The van der Waals surface area contributed by atoms with Crippen LogP contribution in [-0.4, -0.2) is 20.9 Å². The summed E-state index contributed by atoms with van der Waals surface area (Å²) in [7, 11) is 1.45. The number of nitrogens with one attached hydrogen (secondary N) is 1. The summed E-state index contributed by atoms with van der Waals surface area (Å²) < 4.78 is 22.2. The largest absolute Gasteiger partial charge is 0.352 e. The van der Waals surface area contributed by atoms with Crippen LogP contribution in [0.15, 0.2) is 11.0 Å². The number of hydrogen-bond donors (Lipinski definition) is 1. The molecule has 0 radical (unpaired) electrons. The first-order chi connectivity index (χ1) is 6.86. The second kappa shape index (κ2) is 4.51. The van der Waals surface area contributed by atoms with Crippen LogP contribution in [-0.2, 0) is 9.05 Å². The van der Waals surface area contributed by atoms with Gasteiger partial charge in [-0.05, 0) is 19.9 Å². The molecule has 1 aromatic heterocycles. The van der Waals surface area contributed by atoms with Crippen molar-refractivity contribution in [2.45, 2.75) is 18.7 Å². The predicted octanol–water partition coefficient (Wildman–Crippen LogP) is 1.73. The maximum absolute atomic E-state index is 11.4. The van der Waals surface area contributed by atoms with Crippen molar-refractivity contribution in [3.05, 3.63) is 15.8 Å². The standard InChI is InChI=1S/C8H10ClNO3S2/c1-3-10-8(11)6-4-7(5(2)14-6)15(9,12)13/h4H,3H2,1-2H3,(H,10,11). The SMILES string of the molecule is CCNC(=O)c1cc(S(=O)(=O)Cl)c(C)s1. The minimum Gasteiger partial charge on any atom is -0.352 e. The molecule has 0 unspecified atom stereocenters. The van der Waals surface area contributed by atoms with Gasteiger partial charge < -0.3 is 5.32 Å². The van der Waals surface area contributed by atoms with E-state index in [0.29, 0.717) is 16.3 Å². The Kier molecular flexibility index (Phi) is 3.75. The third kappa shape index (κ3) is 2.93. The lowest BCUT2D eigenvalue weighted by atomic mass is 10.4. The minimum atomic E-state index is -3.76. The fourth-order valence-electron chi connectivity index (χ4n) is 1.07. The lowest BCUT2D eigenvalue weighted by Crippen LogP contribution is -2.21. The van der Waals surface area contributed by atoms with Crippen LogP contribution in [0.5, 0.6) is 0 Å². The first kappa shape index (κ1) is 12.5. The van der Waals surface area contributed by atoms with E-state index in [2.05, 4.69) is 5.32 Å². The first-order valence-electron chi connectivity index (χ1n) is 4.19. The van der Waals surface area contributed by atoms with E-state index < -0.39 is 9.05 Å². The minimum absolute atomic E-state index is 0.00965. The fourth-order valence-corrected chi connectivity index (χ4v) is 3.65. The molecular weight excluding hydrogens is 258 g/mol. The van der Waals surface area contributed by atoms with Gasteiger partial charge in [0.2, 0.25) is 0 Å². The molecule has 4 nitrogen and oxygen atoms in total. The molecule has 0 spiro atoms. The number of halogens is 1. The number of carbonyl (C=O) groups excluding carboxylic acids is 1. The van der Waals surface area contributed by atoms with E-state index in [0.717, 1.165) is 11.3 Å². The average molecular weight is 268 g/mol. The van der Waals surface area contributed by atoms with Gasteiger partial charge >= 0.3 is 0 Å². The quantitative estimate of drug-likeness (QED) is 0.849. The van der Waals surface area contributed by atoms with Crippen molar-refractivity contribution in [3.8, 4) is 0 Å². The zero-order valence-corrected chi connectivity index (χ0v) is 10.6. The summed E-state index contributed by atoms with van der Waals surface area (Å²) in [4.78, 5) is 12.3. The van der Waals surface area contributed by atoms with Gasteiger partial charge in [0.15, 0.2) is 0 Å². The zero-order chi connectivity index (χ0) is 11.6. The summed E-state index contributed by atoms with van der Waals surface area (Å²) in [6, 6.07) is 1.30. The van der Waals surface area contributed by atoms with Gasteiger partial charge in [-0.2, -0.15) is 0 Å². The smallest absolute Gasteiger partial charge is 0.262 e. The molecule has 0 bridgehead atoms. The van der Waals surface area contributed by atoms with E-state index in [-0.39, 0.29) is 10.8 Å². The van der Waals surface area contributed by atoms with Crippen LogP contribution in [0, 0.1) is 6.92 Å². The van der Waals surface area contributed by atoms with Crippen LogP contribution < -0.4 is 5.32 Å². The van der Waals surface area contributed by atoms with Crippen molar-refractivity contribution in [1.82, 2.24) is 5.32 Å². The Morgan fingerprint density at radius 1 is 1.60 bits per heavy atom. The molecule has 0 atom stereocenters. The number of thiophene rings is 1. The summed E-state index contributed by atoms with van der Waals surface area (Å²) in [5.41, 5.74) is 0. The molecule has 0 aromatic carbocycles. The van der Waals surface area contributed by atoms with Gasteiger partial charge in [0.05, 0.1) is 9.77 Å². The van der Waals surface area contributed by atoms with Crippen molar-refractivity contribution in [1.29, 1.82) is 0 Å². The zero-order valence-electron chi connectivity index (χ0n) is 8.20. The summed E-state index contributed by atoms with van der Waals surface area (Å²) >= 11 is 1.11. The summed E-state index contributed by atoms with van der Waals surface area (Å²) in [6.07, 6.45) is 0. The van der Waals surface area contributed by atoms with Gasteiger partial charge in [-0.3, -0.25) is 4.79 Å². The van der Waals surface area contributed by atoms with E-state index in [1.807, 2.05) is 0 Å². The molecule has 0 saturated heterocycles. The first-order valence-corrected chi connectivity index (χ1v) is 7.32. The highest BCUT2D eigenvalue weighted by atomic mass is 35.7. The van der Waals surface area contributed by atoms with Crippen LogP contribution >= 0.6 is 22.0 Å². The highest BCUT2D eigenvalue weighted by Crippen LogP contribution is 2.28. The number of hydrogen-bond acceptors (Lipinski definition) is 4. The third-order valence-corrected chi connectivity index (χ3v) is 4.32. The van der Waals surface area contributed by atoms with E-state index in [1.54, 1.807) is 13.8 Å². The van der Waals surface area contributed by atoms with Crippen LogP contribution in [0.3, 0.4) is 0 Å². The Hall–Kier alpha value is -0.590. The Labute approximate surface area is 96.7 Å². The predicted molar refractivity (Wildman–Crippen MR) is 60.1 cm³/mol. The Balaban J connectivity index is 3.12. The van der Waals surface area contributed by atoms with Crippen LogP contribution in [0.25, 0.3) is 0 Å². The molecule has 1 rings (SSSR count). The Bertz CT molecular complexity index is 478. The molecule has 0 fully saturated rings. The normalized spacial score (nSPS) is 11.4. The highest BCUT2D eigenvalue weighted by Gasteiger charge is 2.19. The molecule has 1 N–H and O–H groups in total. The second-order valence-corrected chi connectivity index (χ2v) is 6.62. The molecule has 15 heavy (non-hydrogen) atoms. The van der Waals surface area contributed by atoms with E-state index in [4.69, 9.17) is 10.7 Å². The lowest BCUT2D eigenvalue weighted by molar-refractivity contribution is 0.0959. The van der Waals surface area contributed by atoms with Gasteiger partial charge in [-0.1, -0.05) is 0 Å². The molecular formula is C8H10ClNO3S2. The van der Waals surface area contributed by atoms with Gasteiger partial charge in [-0.25, -0.2) is 8.42 Å². The fraction of sp³-hybridized carbons (Fsp3) is 0.375. The molecule has 0 saturated carbocycles. The maximum Gasteiger partial charge on any atom is 0.262 e. The number of carbonyl (C=O) groups is 1. The third-order valence-electron chi connectivity index (χ3n) is 1.70. The Morgan fingerprint density at radius 3 is 2.60 bits per heavy atom. The van der Waals surface area contributed by atoms with Crippen molar-refractivity contribution >= 4 is 37.0 Å². The molecule has 1 heterocycles. The summed E-state index contributed by atoms with van der Waals surface area (Å²) in [6.45, 7) is 3.90. The van der Waals surface area contributed by atoms with Crippen LogP contribution in [0.1, 0.15) is 21.5 Å². The summed E-state index contributed by atoms with van der Waals surface area (Å²) in [5.74, 6) is -0.280. The van der Waals surface area contributed by atoms with E-state index >= 15 is 0 Å². The molecule has 7 heteroatoms. The molecule has 84 valence electrons. The lowest BCUT2D eigenvalue weighted by Gasteiger charge is -1.96. The maximum atomic E-state index is 11.4. The van der Waals surface area contributed by atoms with Crippen molar-refractivity contribution < 1.29 is 13.2 Å². The van der Waals surface area contributed by atoms with E-state index in [1.165, 1.54) is 6.07 Å². The Morgan fingerprint density at radius 2 is 2.20 bits per heavy atom.